The molecule has 2 aliphatic carbocycles. The number of nitro benzene ring substituents is 1. The SMILES string of the molecule is CC[C@]12C(=O)[C@](CC)(C(c3ccccc3)=C1c1ccccc1)[C@H]1C(=O)N(c3ccccc3[N+](=O)[O-])C(=O)[C@H]12. The second-order valence-corrected chi connectivity index (χ2v) is 10.2. The Labute approximate surface area is 219 Å². The second-order valence-electron chi connectivity index (χ2n) is 10.2. The number of hydrogen-bond acceptors (Lipinski definition) is 5. The van der Waals surface area contributed by atoms with Crippen LogP contribution in [0, 0.1) is 32.8 Å². The number of fused-ring (bicyclic) bond motifs is 5. The van der Waals surface area contributed by atoms with Crippen LogP contribution >= 0.6 is 0 Å². The molecule has 190 valence electrons. The summed E-state index contributed by atoms with van der Waals surface area (Å²) in [5, 5.41) is 11.8. The Kier molecular flexibility index (Phi) is 5.24. The van der Waals surface area contributed by atoms with Gasteiger partial charge in [-0.3, -0.25) is 24.5 Å². The molecule has 3 aliphatic rings. The summed E-state index contributed by atoms with van der Waals surface area (Å²) in [6.07, 6.45) is 0.665. The average Bonchev–Trinajstić information content (AvgIpc) is 3.45. The maximum Gasteiger partial charge on any atom is 0.293 e. The zero-order chi connectivity index (χ0) is 26.8. The highest BCUT2D eigenvalue weighted by Crippen LogP contribution is 2.75. The Morgan fingerprint density at radius 2 is 1.13 bits per heavy atom. The molecular formula is C31H26N2O5. The van der Waals surface area contributed by atoms with E-state index in [0.29, 0.717) is 12.8 Å². The van der Waals surface area contributed by atoms with E-state index in [9.17, 15) is 24.5 Å². The van der Waals surface area contributed by atoms with Gasteiger partial charge in [-0.05, 0) is 41.2 Å². The molecule has 2 fully saturated rings. The van der Waals surface area contributed by atoms with Gasteiger partial charge in [-0.25, -0.2) is 4.90 Å². The van der Waals surface area contributed by atoms with Crippen LogP contribution in [0.15, 0.2) is 84.9 Å². The number of hydrogen-bond donors (Lipinski definition) is 0. The molecule has 38 heavy (non-hydrogen) atoms. The quantitative estimate of drug-likeness (QED) is 0.243. The molecule has 2 bridgehead atoms. The maximum absolute atomic E-state index is 14.7. The largest absolute Gasteiger partial charge is 0.298 e. The summed E-state index contributed by atoms with van der Waals surface area (Å²) < 4.78 is 0. The zero-order valence-corrected chi connectivity index (χ0v) is 21.1. The third kappa shape index (κ3) is 2.71. The highest BCUT2D eigenvalue weighted by atomic mass is 16.6. The standard InChI is InChI=1S/C31H26N2O5/c1-3-30-23(19-13-7-5-8-14-19)24(20-15-9-6-10-16-20)31(4-2,29(30)36)26-25(30)27(34)32(28(26)35)21-17-11-12-18-22(21)33(37)38/h5-18,25-26H,3-4H2,1-2H3/t25-,26+,30-,31+. The summed E-state index contributed by atoms with van der Waals surface area (Å²) in [6.45, 7) is 3.78. The molecule has 1 saturated heterocycles. The van der Waals surface area contributed by atoms with E-state index in [4.69, 9.17) is 0 Å². The Morgan fingerprint density at radius 1 is 0.711 bits per heavy atom. The van der Waals surface area contributed by atoms with E-state index in [1.807, 2.05) is 74.5 Å². The number of nitro groups is 1. The van der Waals surface area contributed by atoms with Crippen LogP contribution in [0.1, 0.15) is 37.8 Å². The van der Waals surface area contributed by atoms with Crippen molar-refractivity contribution in [3.8, 4) is 0 Å². The third-order valence-electron chi connectivity index (χ3n) is 8.88. The Morgan fingerprint density at radius 3 is 1.55 bits per heavy atom. The number of carbonyl (C=O) groups excluding carboxylic acids is 3. The van der Waals surface area contributed by atoms with Crippen molar-refractivity contribution in [1.29, 1.82) is 0 Å². The monoisotopic (exact) mass is 506 g/mol. The minimum atomic E-state index is -1.22. The fourth-order valence-corrected chi connectivity index (χ4v) is 7.50. The summed E-state index contributed by atoms with van der Waals surface area (Å²) in [5.74, 6) is -3.04. The Hall–Kier alpha value is -4.39. The molecule has 3 aromatic rings. The molecule has 0 radical (unpaired) electrons. The first-order valence-corrected chi connectivity index (χ1v) is 12.9. The molecule has 1 aliphatic heterocycles. The van der Waals surface area contributed by atoms with E-state index >= 15 is 0 Å². The predicted molar refractivity (Wildman–Crippen MR) is 143 cm³/mol. The fourth-order valence-electron chi connectivity index (χ4n) is 7.50. The summed E-state index contributed by atoms with van der Waals surface area (Å²) >= 11 is 0. The number of allylic oxidation sites excluding steroid dienone is 2. The van der Waals surface area contributed by atoms with Crippen molar-refractivity contribution in [2.75, 3.05) is 4.90 Å². The van der Waals surface area contributed by atoms with Crippen molar-refractivity contribution in [2.24, 2.45) is 22.7 Å². The van der Waals surface area contributed by atoms with Crippen LogP contribution in [0.4, 0.5) is 11.4 Å². The van der Waals surface area contributed by atoms with Crippen LogP contribution in [0.25, 0.3) is 11.1 Å². The van der Waals surface area contributed by atoms with Crippen LogP contribution in [-0.4, -0.2) is 22.5 Å². The number of Topliss-reactive ketones (excluding diaryl/α,β-unsaturated/α-hetero) is 1. The highest BCUT2D eigenvalue weighted by molar-refractivity contribution is 6.35. The number of para-hydroxylation sites is 2. The number of rotatable bonds is 6. The number of nitrogens with zero attached hydrogens (tertiary/aromatic N) is 2. The number of imide groups is 1. The molecule has 7 nitrogen and oxygen atoms in total. The summed E-state index contributed by atoms with van der Waals surface area (Å²) in [4.78, 5) is 55.4. The van der Waals surface area contributed by atoms with Crippen molar-refractivity contribution >= 4 is 40.1 Å². The Bertz CT molecular complexity index is 1460. The summed E-state index contributed by atoms with van der Waals surface area (Å²) in [7, 11) is 0. The van der Waals surface area contributed by atoms with Gasteiger partial charge in [-0.2, -0.15) is 0 Å². The van der Waals surface area contributed by atoms with Gasteiger partial charge >= 0.3 is 0 Å². The molecule has 3 aromatic carbocycles. The molecule has 4 atom stereocenters. The van der Waals surface area contributed by atoms with E-state index in [2.05, 4.69) is 0 Å². The van der Waals surface area contributed by atoms with Crippen molar-refractivity contribution in [2.45, 2.75) is 26.7 Å². The van der Waals surface area contributed by atoms with Crippen LogP contribution < -0.4 is 4.90 Å². The topological polar surface area (TPSA) is 97.6 Å². The fraction of sp³-hybridized carbons (Fsp3) is 0.258. The van der Waals surface area contributed by atoms with Gasteiger partial charge in [0.25, 0.3) is 5.69 Å². The van der Waals surface area contributed by atoms with E-state index < -0.39 is 39.4 Å². The summed E-state index contributed by atoms with van der Waals surface area (Å²) in [5.41, 5.74) is 0.476. The molecule has 0 spiro atoms. The van der Waals surface area contributed by atoms with Gasteiger partial charge in [0.15, 0.2) is 5.78 Å². The van der Waals surface area contributed by atoms with E-state index in [0.717, 1.165) is 27.2 Å². The van der Waals surface area contributed by atoms with Crippen LogP contribution in [-0.2, 0) is 14.4 Å². The number of ketones is 1. The number of carbonyl (C=O) groups is 3. The molecule has 2 amide bonds. The summed E-state index contributed by atoms with van der Waals surface area (Å²) in [6, 6.07) is 25.0. The molecular weight excluding hydrogens is 480 g/mol. The van der Waals surface area contributed by atoms with Gasteiger partial charge in [0.2, 0.25) is 11.8 Å². The number of amides is 2. The van der Waals surface area contributed by atoms with Crippen LogP contribution in [0.5, 0.6) is 0 Å². The lowest BCUT2D eigenvalue weighted by Crippen LogP contribution is -2.42. The molecule has 0 N–H and O–H groups in total. The second kappa shape index (κ2) is 8.31. The van der Waals surface area contributed by atoms with Gasteiger partial charge in [0.05, 0.1) is 27.6 Å². The number of anilines is 1. The van der Waals surface area contributed by atoms with E-state index in [-0.39, 0.29) is 17.2 Å². The van der Waals surface area contributed by atoms with Crippen molar-refractivity contribution in [3.05, 3.63) is 106 Å². The first-order valence-electron chi connectivity index (χ1n) is 12.9. The van der Waals surface area contributed by atoms with Gasteiger partial charge in [-0.1, -0.05) is 86.6 Å². The zero-order valence-electron chi connectivity index (χ0n) is 21.1. The molecule has 0 aromatic heterocycles. The minimum absolute atomic E-state index is 0.0474. The third-order valence-corrected chi connectivity index (χ3v) is 8.88. The Balaban J connectivity index is 1.67. The van der Waals surface area contributed by atoms with Crippen molar-refractivity contribution in [3.63, 3.8) is 0 Å². The normalized spacial score (nSPS) is 27.8. The average molecular weight is 507 g/mol. The molecule has 0 unspecified atom stereocenters. The molecule has 1 heterocycles. The van der Waals surface area contributed by atoms with E-state index in [1.54, 1.807) is 6.07 Å². The van der Waals surface area contributed by atoms with Crippen molar-refractivity contribution in [1.82, 2.24) is 0 Å². The van der Waals surface area contributed by atoms with Crippen LogP contribution in [0.3, 0.4) is 0 Å². The predicted octanol–water partition coefficient (Wildman–Crippen LogP) is 5.70. The molecule has 6 rings (SSSR count). The first-order chi connectivity index (χ1) is 18.4. The maximum atomic E-state index is 14.7. The van der Waals surface area contributed by atoms with E-state index in [1.165, 1.54) is 18.2 Å². The first kappa shape index (κ1) is 24.0. The highest BCUT2D eigenvalue weighted by Gasteiger charge is 2.80. The van der Waals surface area contributed by atoms with Gasteiger partial charge in [-0.15, -0.1) is 0 Å². The van der Waals surface area contributed by atoms with Gasteiger partial charge in [0, 0.05) is 6.07 Å². The molecule has 1 saturated carbocycles. The van der Waals surface area contributed by atoms with Gasteiger partial charge in [0.1, 0.15) is 5.69 Å². The van der Waals surface area contributed by atoms with Crippen LogP contribution in [0.2, 0.25) is 0 Å². The number of benzene rings is 3. The smallest absolute Gasteiger partial charge is 0.293 e. The lowest BCUT2D eigenvalue weighted by Gasteiger charge is -2.38. The molecule has 7 heteroatoms. The minimum Gasteiger partial charge on any atom is -0.298 e. The lowest BCUT2D eigenvalue weighted by molar-refractivity contribution is -0.384. The lowest BCUT2D eigenvalue weighted by atomic mass is 9.60. The van der Waals surface area contributed by atoms with Gasteiger partial charge < -0.3 is 0 Å². The van der Waals surface area contributed by atoms with Crippen molar-refractivity contribution < 1.29 is 19.3 Å².